The van der Waals surface area contributed by atoms with Gasteiger partial charge in [-0.05, 0) is 29.8 Å². The van der Waals surface area contributed by atoms with Crippen molar-refractivity contribution in [2.24, 2.45) is 0 Å². The highest BCUT2D eigenvalue weighted by atomic mass is 32.2. The second kappa shape index (κ2) is 6.94. The zero-order valence-electron chi connectivity index (χ0n) is 12.0. The minimum Gasteiger partial charge on any atom is -0.450 e. The van der Waals surface area contributed by atoms with Crippen molar-refractivity contribution in [2.75, 3.05) is 11.5 Å². The van der Waals surface area contributed by atoms with Crippen molar-refractivity contribution in [3.05, 3.63) is 63.7 Å². The summed E-state index contributed by atoms with van der Waals surface area (Å²) in [6.07, 6.45) is 0. The molecule has 0 aromatic heterocycles. The Morgan fingerprint density at radius 1 is 1.17 bits per heavy atom. The Bertz CT molecular complexity index is 766. The smallest absolute Gasteiger partial charge is 0.312 e. The van der Waals surface area contributed by atoms with Gasteiger partial charge < -0.3 is 4.74 Å². The second-order valence-corrected chi connectivity index (χ2v) is 7.52. The lowest BCUT2D eigenvalue weighted by Crippen LogP contribution is -1.94. The van der Waals surface area contributed by atoms with Crippen LogP contribution in [-0.4, -0.2) is 16.4 Å². The Morgan fingerprint density at radius 3 is 2.48 bits per heavy atom. The molecule has 0 radical (unpaired) electrons. The van der Waals surface area contributed by atoms with Crippen LogP contribution in [0.4, 0.5) is 5.69 Å². The first-order valence-corrected chi connectivity index (χ1v) is 8.96. The number of hydrogen-bond donors (Lipinski definition) is 0. The van der Waals surface area contributed by atoms with Gasteiger partial charge in [0, 0.05) is 17.6 Å². The van der Waals surface area contributed by atoms with Crippen LogP contribution in [0, 0.1) is 21.4 Å². The number of nitro groups is 1. The van der Waals surface area contributed by atoms with Crippen LogP contribution in [-0.2, 0) is 0 Å². The van der Waals surface area contributed by atoms with Gasteiger partial charge in [-0.2, -0.15) is 5.26 Å². The summed E-state index contributed by atoms with van der Waals surface area (Å²) in [6.45, 7) is 0. The SMILES string of the molecule is N#Cc1ccc(Oc2ccc(C3SCCS3)cc2)c([N+](=O)[O-])c1. The van der Waals surface area contributed by atoms with Crippen molar-refractivity contribution in [2.45, 2.75) is 4.58 Å². The van der Waals surface area contributed by atoms with E-state index in [-0.39, 0.29) is 17.0 Å². The molecule has 1 saturated heterocycles. The monoisotopic (exact) mass is 344 g/mol. The molecule has 1 heterocycles. The second-order valence-electron chi connectivity index (χ2n) is 4.80. The molecule has 7 heteroatoms. The van der Waals surface area contributed by atoms with Crippen LogP contribution in [0.15, 0.2) is 42.5 Å². The summed E-state index contributed by atoms with van der Waals surface area (Å²) in [7, 11) is 0. The Kier molecular flexibility index (Phi) is 4.74. The predicted molar refractivity (Wildman–Crippen MR) is 92.0 cm³/mol. The lowest BCUT2D eigenvalue weighted by atomic mass is 10.2. The van der Waals surface area contributed by atoms with Gasteiger partial charge >= 0.3 is 5.69 Å². The van der Waals surface area contributed by atoms with Gasteiger partial charge in [-0.15, -0.1) is 23.5 Å². The quantitative estimate of drug-likeness (QED) is 0.589. The molecule has 23 heavy (non-hydrogen) atoms. The summed E-state index contributed by atoms with van der Waals surface area (Å²) in [5.74, 6) is 2.98. The van der Waals surface area contributed by atoms with Crippen LogP contribution >= 0.6 is 23.5 Å². The maximum absolute atomic E-state index is 11.1. The summed E-state index contributed by atoms with van der Waals surface area (Å²) in [5.41, 5.74) is 1.24. The molecule has 2 aromatic rings. The van der Waals surface area contributed by atoms with E-state index in [0.29, 0.717) is 10.3 Å². The zero-order valence-corrected chi connectivity index (χ0v) is 13.6. The van der Waals surface area contributed by atoms with Gasteiger partial charge in [-0.1, -0.05) is 12.1 Å². The molecule has 5 nitrogen and oxygen atoms in total. The van der Waals surface area contributed by atoms with Gasteiger partial charge in [0.05, 0.1) is 21.1 Å². The van der Waals surface area contributed by atoms with Crippen LogP contribution in [0.25, 0.3) is 0 Å². The summed E-state index contributed by atoms with van der Waals surface area (Å²) in [4.78, 5) is 10.6. The molecule has 0 spiro atoms. The largest absolute Gasteiger partial charge is 0.450 e. The topological polar surface area (TPSA) is 76.2 Å². The number of ether oxygens (including phenoxy) is 1. The van der Waals surface area contributed by atoms with Crippen molar-refractivity contribution in [3.63, 3.8) is 0 Å². The van der Waals surface area contributed by atoms with Gasteiger partial charge in [-0.3, -0.25) is 10.1 Å². The predicted octanol–water partition coefficient (Wildman–Crippen LogP) is 4.74. The number of nitrogens with zero attached hydrogens (tertiary/aromatic N) is 2. The molecule has 1 aliphatic rings. The van der Waals surface area contributed by atoms with Gasteiger partial charge in [-0.25, -0.2) is 0 Å². The average Bonchev–Trinajstić information content (AvgIpc) is 3.10. The van der Waals surface area contributed by atoms with Gasteiger partial charge in [0.25, 0.3) is 0 Å². The maximum Gasteiger partial charge on any atom is 0.312 e. The van der Waals surface area contributed by atoms with E-state index < -0.39 is 4.92 Å². The third-order valence-corrected chi connectivity index (χ3v) is 6.39. The third kappa shape index (κ3) is 3.60. The molecular formula is C16H12N2O3S2. The Labute approximate surface area is 141 Å². The van der Waals surface area contributed by atoms with Crippen LogP contribution in [0.2, 0.25) is 0 Å². The van der Waals surface area contributed by atoms with E-state index in [1.807, 2.05) is 53.9 Å². The third-order valence-electron chi connectivity index (χ3n) is 3.29. The van der Waals surface area contributed by atoms with E-state index in [0.717, 1.165) is 11.5 Å². The highest BCUT2D eigenvalue weighted by Gasteiger charge is 2.19. The molecule has 0 atom stereocenters. The molecule has 1 aliphatic heterocycles. The maximum atomic E-state index is 11.1. The van der Waals surface area contributed by atoms with Crippen LogP contribution in [0.1, 0.15) is 15.7 Å². The first kappa shape index (κ1) is 15.7. The van der Waals surface area contributed by atoms with E-state index in [4.69, 9.17) is 10.00 Å². The Hall–Kier alpha value is -2.17. The first-order valence-electron chi connectivity index (χ1n) is 6.87. The highest BCUT2D eigenvalue weighted by molar-refractivity contribution is 8.19. The van der Waals surface area contributed by atoms with Crippen molar-refractivity contribution < 1.29 is 9.66 Å². The molecule has 2 aromatic carbocycles. The average molecular weight is 344 g/mol. The normalized spacial score (nSPS) is 14.4. The van der Waals surface area contributed by atoms with Gasteiger partial charge in [0.15, 0.2) is 0 Å². The van der Waals surface area contributed by atoms with Gasteiger partial charge in [0.2, 0.25) is 5.75 Å². The number of benzene rings is 2. The Morgan fingerprint density at radius 2 is 1.87 bits per heavy atom. The highest BCUT2D eigenvalue weighted by Crippen LogP contribution is 2.45. The fraction of sp³-hybridized carbons (Fsp3) is 0.188. The molecule has 0 amide bonds. The lowest BCUT2D eigenvalue weighted by molar-refractivity contribution is -0.385. The molecule has 1 fully saturated rings. The fourth-order valence-corrected chi connectivity index (χ4v) is 5.05. The summed E-state index contributed by atoms with van der Waals surface area (Å²) >= 11 is 3.84. The number of thioether (sulfide) groups is 2. The van der Waals surface area contributed by atoms with E-state index >= 15 is 0 Å². The molecule has 0 N–H and O–H groups in total. The summed E-state index contributed by atoms with van der Waals surface area (Å²) in [5, 5.41) is 20.0. The number of nitro benzene ring substituents is 1. The lowest BCUT2D eigenvalue weighted by Gasteiger charge is -2.10. The van der Waals surface area contributed by atoms with E-state index in [9.17, 15) is 10.1 Å². The standard InChI is InChI=1S/C16H12N2O3S2/c17-10-11-1-6-15(14(9-11)18(19)20)21-13-4-2-12(3-5-13)16-22-7-8-23-16/h1-6,9,16H,7-8H2. The van der Waals surface area contributed by atoms with Crippen molar-refractivity contribution in [1.29, 1.82) is 5.26 Å². The summed E-state index contributed by atoms with van der Waals surface area (Å²) in [6, 6.07) is 13.7. The van der Waals surface area contributed by atoms with Crippen LogP contribution < -0.4 is 4.74 Å². The van der Waals surface area contributed by atoms with Crippen molar-refractivity contribution in [1.82, 2.24) is 0 Å². The molecular weight excluding hydrogens is 332 g/mol. The molecule has 0 bridgehead atoms. The number of nitriles is 1. The minimum atomic E-state index is -0.545. The molecule has 0 unspecified atom stereocenters. The van der Waals surface area contributed by atoms with Crippen molar-refractivity contribution in [3.8, 4) is 17.6 Å². The minimum absolute atomic E-state index is 0.131. The molecule has 3 rings (SSSR count). The zero-order chi connectivity index (χ0) is 16.2. The van der Waals surface area contributed by atoms with E-state index in [2.05, 4.69) is 0 Å². The molecule has 116 valence electrons. The molecule has 0 saturated carbocycles. The molecule has 0 aliphatic carbocycles. The number of rotatable bonds is 4. The van der Waals surface area contributed by atoms with E-state index in [1.54, 1.807) is 0 Å². The Balaban J connectivity index is 1.81. The summed E-state index contributed by atoms with van der Waals surface area (Å²) < 4.78 is 6.08. The van der Waals surface area contributed by atoms with Crippen molar-refractivity contribution >= 4 is 29.2 Å². The van der Waals surface area contributed by atoms with Crippen LogP contribution in [0.3, 0.4) is 0 Å². The van der Waals surface area contributed by atoms with Crippen LogP contribution in [0.5, 0.6) is 11.5 Å². The van der Waals surface area contributed by atoms with Gasteiger partial charge in [0.1, 0.15) is 5.75 Å². The first-order chi connectivity index (χ1) is 11.2. The fourth-order valence-electron chi connectivity index (χ4n) is 2.19. The van der Waals surface area contributed by atoms with E-state index in [1.165, 1.54) is 23.8 Å². The number of hydrogen-bond acceptors (Lipinski definition) is 6.